The van der Waals surface area contributed by atoms with Crippen molar-refractivity contribution in [3.63, 3.8) is 0 Å². The lowest BCUT2D eigenvalue weighted by molar-refractivity contribution is 0.0945. The third kappa shape index (κ3) is 2.92. The first kappa shape index (κ1) is 12.9. The van der Waals surface area contributed by atoms with E-state index in [9.17, 15) is 13.6 Å². The Labute approximate surface area is 97.6 Å². The van der Waals surface area contributed by atoms with E-state index < -0.39 is 23.1 Å². The molecule has 2 nitrogen and oxygen atoms in total. The van der Waals surface area contributed by atoms with Gasteiger partial charge in [-0.25, -0.2) is 8.78 Å². The molecule has 16 heavy (non-hydrogen) atoms. The van der Waals surface area contributed by atoms with Crippen molar-refractivity contribution in [2.24, 2.45) is 0 Å². The van der Waals surface area contributed by atoms with E-state index >= 15 is 0 Å². The number of alkyl halides is 1. The maximum atomic E-state index is 13.5. The van der Waals surface area contributed by atoms with Crippen LogP contribution in [0.2, 0.25) is 0 Å². The van der Waals surface area contributed by atoms with Crippen LogP contribution in [0.4, 0.5) is 8.78 Å². The Morgan fingerprint density at radius 3 is 2.75 bits per heavy atom. The molecule has 5 heteroatoms. The molecule has 88 valence electrons. The molecule has 0 atom stereocenters. The summed E-state index contributed by atoms with van der Waals surface area (Å²) in [5.41, 5.74) is -0.293. The topological polar surface area (TPSA) is 29.1 Å². The second kappa shape index (κ2) is 5.80. The number of carbonyl (C=O) groups is 1. The molecule has 0 aliphatic heterocycles. The van der Waals surface area contributed by atoms with Gasteiger partial charge >= 0.3 is 0 Å². The van der Waals surface area contributed by atoms with Crippen LogP contribution < -0.4 is 5.32 Å². The molecule has 0 fully saturated rings. The number of benzene rings is 1. The molecule has 0 radical (unpaired) electrons. The van der Waals surface area contributed by atoms with Gasteiger partial charge in [0.1, 0.15) is 17.2 Å². The van der Waals surface area contributed by atoms with Gasteiger partial charge in [-0.15, -0.1) is 11.6 Å². The van der Waals surface area contributed by atoms with Crippen molar-refractivity contribution in [1.29, 1.82) is 0 Å². The molecule has 1 amide bonds. The normalized spacial score (nSPS) is 10.2. The van der Waals surface area contributed by atoms with Crippen LogP contribution in [0.1, 0.15) is 22.3 Å². The molecule has 0 saturated heterocycles. The first-order valence-electron chi connectivity index (χ1n) is 4.86. The molecule has 0 unspecified atom stereocenters. The molecule has 0 bridgehead atoms. The lowest BCUT2D eigenvalue weighted by Crippen LogP contribution is -2.27. The lowest BCUT2D eigenvalue weighted by atomic mass is 10.1. The predicted octanol–water partition coefficient (Wildman–Crippen LogP) is 2.63. The van der Waals surface area contributed by atoms with Crippen LogP contribution >= 0.6 is 11.6 Å². The fourth-order valence-corrected chi connectivity index (χ4v) is 1.36. The fraction of sp³-hybridized carbons (Fsp3) is 0.364. The van der Waals surface area contributed by atoms with Gasteiger partial charge < -0.3 is 5.32 Å². The molecule has 1 N–H and O–H groups in total. The second-order valence-electron chi connectivity index (χ2n) is 3.35. The largest absolute Gasteiger partial charge is 0.352 e. The number of hydrogen-bond acceptors (Lipinski definition) is 1. The highest BCUT2D eigenvalue weighted by molar-refractivity contribution is 6.17. The Morgan fingerprint density at radius 1 is 1.44 bits per heavy atom. The SMILES string of the molecule is Cc1ccc(F)c(C(=O)NCCCCl)c1F. The Morgan fingerprint density at radius 2 is 2.12 bits per heavy atom. The van der Waals surface area contributed by atoms with Crippen LogP contribution in [0, 0.1) is 18.6 Å². The maximum Gasteiger partial charge on any atom is 0.257 e. The summed E-state index contributed by atoms with van der Waals surface area (Å²) in [4.78, 5) is 11.5. The third-order valence-corrected chi connectivity index (χ3v) is 2.37. The van der Waals surface area contributed by atoms with Gasteiger partial charge in [-0.3, -0.25) is 4.79 Å². The predicted molar refractivity (Wildman–Crippen MR) is 58.8 cm³/mol. The molecule has 0 spiro atoms. The van der Waals surface area contributed by atoms with E-state index in [1.165, 1.54) is 13.0 Å². The number of hydrogen-bond donors (Lipinski definition) is 1. The van der Waals surface area contributed by atoms with E-state index in [0.717, 1.165) is 6.07 Å². The summed E-state index contributed by atoms with van der Waals surface area (Å²) in [5, 5.41) is 2.41. The molecular formula is C11H12ClF2NO. The highest BCUT2D eigenvalue weighted by atomic mass is 35.5. The molecule has 1 aromatic carbocycles. The number of halogens is 3. The third-order valence-electron chi connectivity index (χ3n) is 2.11. The van der Waals surface area contributed by atoms with Gasteiger partial charge in [-0.2, -0.15) is 0 Å². The van der Waals surface area contributed by atoms with Crippen molar-refractivity contribution in [2.45, 2.75) is 13.3 Å². The van der Waals surface area contributed by atoms with Gasteiger partial charge in [0, 0.05) is 12.4 Å². The summed E-state index contributed by atoms with van der Waals surface area (Å²) in [7, 11) is 0. The van der Waals surface area contributed by atoms with E-state index in [1.807, 2.05) is 0 Å². The molecule has 0 aliphatic rings. The second-order valence-corrected chi connectivity index (χ2v) is 3.73. The van der Waals surface area contributed by atoms with Crippen molar-refractivity contribution in [2.75, 3.05) is 12.4 Å². The zero-order valence-electron chi connectivity index (χ0n) is 8.82. The molecule has 0 aliphatic carbocycles. The summed E-state index contributed by atoms with van der Waals surface area (Å²) in [6, 6.07) is 2.37. The van der Waals surface area contributed by atoms with E-state index in [2.05, 4.69) is 5.32 Å². The molecule has 0 aromatic heterocycles. The van der Waals surface area contributed by atoms with Gasteiger partial charge in [0.15, 0.2) is 0 Å². The average molecular weight is 248 g/mol. The van der Waals surface area contributed by atoms with Crippen LogP contribution in [-0.4, -0.2) is 18.3 Å². The summed E-state index contributed by atoms with van der Waals surface area (Å²) in [6.07, 6.45) is 0.558. The van der Waals surface area contributed by atoms with Crippen molar-refractivity contribution in [1.82, 2.24) is 5.32 Å². The van der Waals surface area contributed by atoms with Crippen molar-refractivity contribution in [3.05, 3.63) is 34.9 Å². The monoisotopic (exact) mass is 247 g/mol. The quantitative estimate of drug-likeness (QED) is 0.643. The summed E-state index contributed by atoms with van der Waals surface area (Å²) < 4.78 is 26.8. The van der Waals surface area contributed by atoms with Gasteiger partial charge in [0.2, 0.25) is 0 Å². The minimum atomic E-state index is -0.855. The zero-order valence-corrected chi connectivity index (χ0v) is 9.57. The standard InChI is InChI=1S/C11H12ClF2NO/c1-7-3-4-8(13)9(10(7)14)11(16)15-6-2-5-12/h3-4H,2,5-6H2,1H3,(H,15,16). The first-order chi connectivity index (χ1) is 7.57. The minimum Gasteiger partial charge on any atom is -0.352 e. The van der Waals surface area contributed by atoms with Gasteiger partial charge in [0.25, 0.3) is 5.91 Å². The first-order valence-corrected chi connectivity index (χ1v) is 5.40. The highest BCUT2D eigenvalue weighted by Crippen LogP contribution is 2.15. The van der Waals surface area contributed by atoms with Crippen LogP contribution in [0.5, 0.6) is 0 Å². The number of aryl methyl sites for hydroxylation is 1. The Balaban J connectivity index is 2.86. The van der Waals surface area contributed by atoms with Gasteiger partial charge in [0.05, 0.1) is 0 Å². The lowest BCUT2D eigenvalue weighted by Gasteiger charge is -2.07. The fourth-order valence-electron chi connectivity index (χ4n) is 1.22. The molecule has 1 aromatic rings. The minimum absolute atomic E-state index is 0.240. The molecule has 0 saturated carbocycles. The zero-order chi connectivity index (χ0) is 12.1. The van der Waals surface area contributed by atoms with Crippen molar-refractivity contribution in [3.8, 4) is 0 Å². The van der Waals surface area contributed by atoms with Gasteiger partial charge in [-0.1, -0.05) is 6.07 Å². The Hall–Kier alpha value is -1.16. The summed E-state index contributed by atoms with van der Waals surface area (Å²) in [6.45, 7) is 1.78. The average Bonchev–Trinajstić information content (AvgIpc) is 2.24. The van der Waals surface area contributed by atoms with Crippen LogP contribution in [0.15, 0.2) is 12.1 Å². The van der Waals surface area contributed by atoms with E-state index in [-0.39, 0.29) is 5.56 Å². The van der Waals surface area contributed by atoms with E-state index in [0.29, 0.717) is 18.8 Å². The molecule has 0 heterocycles. The van der Waals surface area contributed by atoms with E-state index in [1.54, 1.807) is 0 Å². The van der Waals surface area contributed by atoms with Crippen molar-refractivity contribution >= 4 is 17.5 Å². The molecular weight excluding hydrogens is 236 g/mol. The number of rotatable bonds is 4. The summed E-state index contributed by atoms with van der Waals surface area (Å²) >= 11 is 5.42. The number of carbonyl (C=O) groups excluding carboxylic acids is 1. The smallest absolute Gasteiger partial charge is 0.257 e. The van der Waals surface area contributed by atoms with E-state index in [4.69, 9.17) is 11.6 Å². The van der Waals surface area contributed by atoms with Crippen LogP contribution in [0.25, 0.3) is 0 Å². The van der Waals surface area contributed by atoms with Crippen LogP contribution in [-0.2, 0) is 0 Å². The molecule has 1 rings (SSSR count). The highest BCUT2D eigenvalue weighted by Gasteiger charge is 2.18. The maximum absolute atomic E-state index is 13.5. The number of amides is 1. The van der Waals surface area contributed by atoms with Gasteiger partial charge in [-0.05, 0) is 25.0 Å². The summed E-state index contributed by atoms with van der Waals surface area (Å²) in [5.74, 6) is -2.03. The van der Waals surface area contributed by atoms with Crippen molar-refractivity contribution < 1.29 is 13.6 Å². The Kier molecular flexibility index (Phi) is 4.68. The Bertz CT molecular complexity index is 396. The number of nitrogens with one attached hydrogen (secondary N) is 1. The van der Waals surface area contributed by atoms with Crippen LogP contribution in [0.3, 0.4) is 0 Å².